The summed E-state index contributed by atoms with van der Waals surface area (Å²) >= 11 is 0. The Kier molecular flexibility index (Phi) is 6.34. The third-order valence-electron chi connectivity index (χ3n) is 6.59. The molecule has 1 atom stereocenters. The Morgan fingerprint density at radius 2 is 1.97 bits per heavy atom. The molecule has 36 heavy (non-hydrogen) atoms. The van der Waals surface area contributed by atoms with E-state index in [1.54, 1.807) is 24.1 Å². The van der Waals surface area contributed by atoms with Gasteiger partial charge in [0.25, 0.3) is 5.91 Å². The van der Waals surface area contributed by atoms with Gasteiger partial charge in [0.15, 0.2) is 5.82 Å². The van der Waals surface area contributed by atoms with Gasteiger partial charge in [-0.2, -0.15) is 0 Å². The zero-order valence-corrected chi connectivity index (χ0v) is 20.9. The summed E-state index contributed by atoms with van der Waals surface area (Å²) in [7, 11) is 1.54. The highest BCUT2D eigenvalue weighted by Gasteiger charge is 2.27. The number of ether oxygens (including phenoxy) is 2. The number of anilines is 1. The lowest BCUT2D eigenvalue weighted by atomic mass is 9.96. The SMILES string of the molecule is COc1cc2c(cc1C(=O)Nc1cccc(-c3nnc4n3[C@@H](C)CC4)n1)CN(C(=O)OC(C)C)CC2. The molecule has 10 nitrogen and oxygen atoms in total. The minimum absolute atomic E-state index is 0.193. The quantitative estimate of drug-likeness (QED) is 0.575. The highest BCUT2D eigenvalue weighted by molar-refractivity contribution is 6.06. The van der Waals surface area contributed by atoms with Gasteiger partial charge in [0.1, 0.15) is 23.1 Å². The molecule has 0 saturated heterocycles. The summed E-state index contributed by atoms with van der Waals surface area (Å²) in [5.74, 6) is 2.19. The molecular weight excluding hydrogens is 460 g/mol. The molecule has 0 unspecified atom stereocenters. The number of carbonyl (C=O) groups excluding carboxylic acids is 2. The van der Waals surface area contributed by atoms with Crippen molar-refractivity contribution in [3.8, 4) is 17.3 Å². The number of nitrogens with one attached hydrogen (secondary N) is 1. The number of methoxy groups -OCH3 is 1. The largest absolute Gasteiger partial charge is 0.496 e. The van der Waals surface area contributed by atoms with Crippen LogP contribution in [0.2, 0.25) is 0 Å². The van der Waals surface area contributed by atoms with E-state index in [4.69, 9.17) is 9.47 Å². The summed E-state index contributed by atoms with van der Waals surface area (Å²) < 4.78 is 13.0. The predicted octanol–water partition coefficient (Wildman–Crippen LogP) is 4.01. The van der Waals surface area contributed by atoms with Crippen molar-refractivity contribution in [1.29, 1.82) is 0 Å². The predicted molar refractivity (Wildman–Crippen MR) is 133 cm³/mol. The van der Waals surface area contributed by atoms with Gasteiger partial charge in [-0.05, 0) is 69.0 Å². The molecule has 5 rings (SSSR count). The standard InChI is InChI=1S/C26H30N6O4/c1-15(2)36-26(34)31-11-10-17-13-21(35-4)19(12-18(17)14-31)25(33)28-22-7-5-6-20(27-22)24-30-29-23-9-8-16(3)32(23)24/h5-7,12-13,15-16H,8-11,14H2,1-4H3,(H,27,28,33)/t16-/m0/s1. The molecule has 2 aliphatic heterocycles. The Balaban J connectivity index is 1.38. The van der Waals surface area contributed by atoms with Crippen molar-refractivity contribution in [2.24, 2.45) is 0 Å². The molecule has 2 aliphatic rings. The fraction of sp³-hybridized carbons (Fsp3) is 0.423. The van der Waals surface area contributed by atoms with Crippen LogP contribution in [-0.2, 0) is 24.1 Å². The molecule has 0 fully saturated rings. The van der Waals surface area contributed by atoms with Crippen LogP contribution in [0.3, 0.4) is 0 Å². The van der Waals surface area contributed by atoms with Crippen LogP contribution in [0.4, 0.5) is 10.6 Å². The molecule has 1 N–H and O–H groups in total. The number of pyridine rings is 1. The number of amides is 2. The zero-order valence-electron chi connectivity index (χ0n) is 20.9. The van der Waals surface area contributed by atoms with Gasteiger partial charge in [0, 0.05) is 25.6 Å². The number of benzene rings is 1. The number of hydrogen-bond donors (Lipinski definition) is 1. The van der Waals surface area contributed by atoms with Gasteiger partial charge in [-0.1, -0.05) is 6.07 Å². The minimum Gasteiger partial charge on any atom is -0.496 e. The normalized spacial score (nSPS) is 16.5. The molecule has 0 aliphatic carbocycles. The maximum atomic E-state index is 13.3. The van der Waals surface area contributed by atoms with E-state index in [9.17, 15) is 9.59 Å². The van der Waals surface area contributed by atoms with Gasteiger partial charge >= 0.3 is 6.09 Å². The average molecular weight is 491 g/mol. The van der Waals surface area contributed by atoms with E-state index in [0.717, 1.165) is 29.8 Å². The molecule has 188 valence electrons. The van der Waals surface area contributed by atoms with Gasteiger partial charge in [0.05, 0.1) is 18.8 Å². The first kappa shape index (κ1) is 23.8. The zero-order chi connectivity index (χ0) is 25.4. The third-order valence-corrected chi connectivity index (χ3v) is 6.59. The summed E-state index contributed by atoms with van der Waals surface area (Å²) in [6.45, 7) is 6.71. The molecular formula is C26H30N6O4. The molecule has 2 aromatic heterocycles. The second-order valence-electron chi connectivity index (χ2n) is 9.48. The van der Waals surface area contributed by atoms with E-state index < -0.39 is 0 Å². The highest BCUT2D eigenvalue weighted by atomic mass is 16.6. The fourth-order valence-corrected chi connectivity index (χ4v) is 4.78. The number of aromatic nitrogens is 4. The summed E-state index contributed by atoms with van der Waals surface area (Å²) in [6, 6.07) is 9.40. The van der Waals surface area contributed by atoms with E-state index in [-0.39, 0.29) is 18.1 Å². The van der Waals surface area contributed by atoms with Crippen LogP contribution in [0, 0.1) is 0 Å². The molecule has 3 aromatic rings. The number of carbonyl (C=O) groups is 2. The fourth-order valence-electron chi connectivity index (χ4n) is 4.78. The van der Waals surface area contributed by atoms with Gasteiger partial charge in [-0.25, -0.2) is 9.78 Å². The maximum absolute atomic E-state index is 13.3. The smallest absolute Gasteiger partial charge is 0.410 e. The van der Waals surface area contributed by atoms with Crippen molar-refractivity contribution in [3.05, 3.63) is 52.8 Å². The minimum atomic E-state index is -0.354. The summed E-state index contributed by atoms with van der Waals surface area (Å²) in [6.07, 6.45) is 2.04. The van der Waals surface area contributed by atoms with Gasteiger partial charge in [0.2, 0.25) is 0 Å². The van der Waals surface area contributed by atoms with Crippen molar-refractivity contribution in [1.82, 2.24) is 24.6 Å². The Bertz CT molecular complexity index is 1320. The van der Waals surface area contributed by atoms with E-state index in [2.05, 4.69) is 32.0 Å². The van der Waals surface area contributed by atoms with Crippen molar-refractivity contribution in [2.45, 2.75) is 58.7 Å². The third kappa shape index (κ3) is 4.50. The summed E-state index contributed by atoms with van der Waals surface area (Å²) in [5, 5.41) is 11.5. The van der Waals surface area contributed by atoms with Crippen molar-refractivity contribution >= 4 is 17.8 Å². The Labute approximate surface area is 209 Å². The number of nitrogens with zero attached hydrogens (tertiary/aromatic N) is 5. The van der Waals surface area contributed by atoms with Crippen LogP contribution in [0.15, 0.2) is 30.3 Å². The van der Waals surface area contributed by atoms with E-state index in [1.807, 2.05) is 32.0 Å². The van der Waals surface area contributed by atoms with Gasteiger partial charge < -0.3 is 24.3 Å². The maximum Gasteiger partial charge on any atom is 0.410 e. The lowest BCUT2D eigenvalue weighted by molar-refractivity contribution is 0.0730. The highest BCUT2D eigenvalue weighted by Crippen LogP contribution is 2.31. The Morgan fingerprint density at radius 3 is 2.75 bits per heavy atom. The first-order valence-corrected chi connectivity index (χ1v) is 12.2. The molecule has 0 spiro atoms. The topological polar surface area (TPSA) is 111 Å². The van der Waals surface area contributed by atoms with Crippen molar-refractivity contribution in [3.63, 3.8) is 0 Å². The molecule has 1 aromatic carbocycles. The van der Waals surface area contributed by atoms with Crippen molar-refractivity contribution in [2.75, 3.05) is 19.0 Å². The van der Waals surface area contributed by atoms with Crippen LogP contribution in [0.1, 0.15) is 60.5 Å². The molecule has 2 amide bonds. The number of hydrogen-bond acceptors (Lipinski definition) is 7. The number of aryl methyl sites for hydroxylation is 1. The Hall–Kier alpha value is -3.95. The monoisotopic (exact) mass is 490 g/mol. The second-order valence-corrected chi connectivity index (χ2v) is 9.48. The lowest BCUT2D eigenvalue weighted by Gasteiger charge is -2.29. The number of fused-ring (bicyclic) bond motifs is 2. The molecule has 4 heterocycles. The number of rotatable bonds is 5. The first-order valence-electron chi connectivity index (χ1n) is 12.2. The lowest BCUT2D eigenvalue weighted by Crippen LogP contribution is -2.37. The second kappa shape index (κ2) is 9.60. The van der Waals surface area contributed by atoms with Crippen LogP contribution in [-0.4, -0.2) is 56.4 Å². The van der Waals surface area contributed by atoms with E-state index in [0.29, 0.717) is 54.2 Å². The average Bonchev–Trinajstić information content (AvgIpc) is 3.45. The molecule has 0 bridgehead atoms. The Morgan fingerprint density at radius 1 is 1.14 bits per heavy atom. The summed E-state index contributed by atoms with van der Waals surface area (Å²) in [4.78, 5) is 32.0. The van der Waals surface area contributed by atoms with Crippen LogP contribution in [0.5, 0.6) is 5.75 Å². The van der Waals surface area contributed by atoms with Crippen LogP contribution < -0.4 is 10.1 Å². The summed E-state index contributed by atoms with van der Waals surface area (Å²) in [5.41, 5.74) is 2.96. The molecule has 0 saturated carbocycles. The van der Waals surface area contributed by atoms with Gasteiger partial charge in [-0.3, -0.25) is 4.79 Å². The van der Waals surface area contributed by atoms with E-state index in [1.165, 1.54) is 0 Å². The molecule has 10 heteroatoms. The van der Waals surface area contributed by atoms with Crippen LogP contribution >= 0.6 is 0 Å². The van der Waals surface area contributed by atoms with Crippen LogP contribution in [0.25, 0.3) is 11.5 Å². The van der Waals surface area contributed by atoms with E-state index >= 15 is 0 Å². The molecule has 0 radical (unpaired) electrons. The van der Waals surface area contributed by atoms with Crippen molar-refractivity contribution < 1.29 is 19.1 Å². The van der Waals surface area contributed by atoms with Gasteiger partial charge in [-0.15, -0.1) is 10.2 Å². The first-order chi connectivity index (χ1) is 17.3.